The van der Waals surface area contributed by atoms with Crippen molar-refractivity contribution in [3.05, 3.63) is 34.9 Å². The molecule has 1 aromatic rings. The molecule has 1 fully saturated rings. The van der Waals surface area contributed by atoms with E-state index in [0.29, 0.717) is 30.3 Å². The largest absolute Gasteiger partial charge is 0.339 e. The number of amides is 2. The van der Waals surface area contributed by atoms with E-state index in [0.717, 1.165) is 5.56 Å². The van der Waals surface area contributed by atoms with Gasteiger partial charge in [-0.15, -0.1) is 11.8 Å². The van der Waals surface area contributed by atoms with Crippen LogP contribution in [0.5, 0.6) is 0 Å². The van der Waals surface area contributed by atoms with Crippen molar-refractivity contribution in [3.8, 4) is 0 Å². The molecule has 0 unspecified atom stereocenters. The Morgan fingerprint density at radius 2 is 2.13 bits per heavy atom. The lowest BCUT2D eigenvalue weighted by molar-refractivity contribution is -0.135. The van der Waals surface area contributed by atoms with Crippen molar-refractivity contribution in [1.82, 2.24) is 9.80 Å². The van der Waals surface area contributed by atoms with Crippen LogP contribution in [0.4, 0.5) is 0 Å². The highest BCUT2D eigenvalue weighted by Gasteiger charge is 2.34. The van der Waals surface area contributed by atoms with Crippen LogP contribution in [0.15, 0.2) is 24.3 Å². The normalized spacial score (nSPS) is 17.9. The second kappa shape index (κ2) is 8.06. The fourth-order valence-corrected chi connectivity index (χ4v) is 4.28. The van der Waals surface area contributed by atoms with Crippen LogP contribution >= 0.6 is 23.4 Å². The summed E-state index contributed by atoms with van der Waals surface area (Å²) in [4.78, 5) is 28.0. The van der Waals surface area contributed by atoms with Crippen LogP contribution < -0.4 is 0 Å². The van der Waals surface area contributed by atoms with Crippen molar-refractivity contribution in [1.29, 1.82) is 0 Å². The topological polar surface area (TPSA) is 40.6 Å². The van der Waals surface area contributed by atoms with Crippen molar-refractivity contribution in [2.24, 2.45) is 0 Å². The summed E-state index contributed by atoms with van der Waals surface area (Å²) in [7, 11) is 0. The summed E-state index contributed by atoms with van der Waals surface area (Å²) < 4.78 is 0. The number of hydrogen-bond acceptors (Lipinski definition) is 3. The first kappa shape index (κ1) is 18.1. The molecule has 6 heteroatoms. The lowest BCUT2D eigenvalue weighted by Crippen LogP contribution is -2.43. The Morgan fingerprint density at radius 3 is 2.74 bits per heavy atom. The second-order valence-electron chi connectivity index (χ2n) is 5.81. The summed E-state index contributed by atoms with van der Waals surface area (Å²) >= 11 is 7.88. The average Bonchev–Trinajstić information content (AvgIpc) is 2.88. The van der Waals surface area contributed by atoms with Crippen molar-refractivity contribution in [2.45, 2.75) is 38.6 Å². The lowest BCUT2D eigenvalue weighted by atomic mass is 10.2. The lowest BCUT2D eigenvalue weighted by Gasteiger charge is -2.31. The fourth-order valence-electron chi connectivity index (χ4n) is 2.72. The highest BCUT2D eigenvalue weighted by atomic mass is 35.5. The first-order valence-corrected chi connectivity index (χ1v) is 9.33. The van der Waals surface area contributed by atoms with Crippen LogP contribution in [0.3, 0.4) is 0 Å². The number of carbonyl (C=O) groups is 2. The summed E-state index contributed by atoms with van der Waals surface area (Å²) in [5, 5.41) is 0.608. The molecule has 4 nitrogen and oxygen atoms in total. The van der Waals surface area contributed by atoms with Crippen LogP contribution in [0.1, 0.15) is 38.1 Å². The number of rotatable bonds is 6. The number of nitrogens with zero attached hydrogens (tertiary/aromatic N) is 2. The summed E-state index contributed by atoms with van der Waals surface area (Å²) in [6.45, 7) is 6.95. The summed E-state index contributed by atoms with van der Waals surface area (Å²) in [5.74, 6) is 0.681. The zero-order valence-corrected chi connectivity index (χ0v) is 15.4. The molecule has 0 radical (unpaired) electrons. The molecular formula is C17H23ClN2O2S. The maximum absolute atomic E-state index is 12.2. The van der Waals surface area contributed by atoms with Crippen molar-refractivity contribution < 1.29 is 9.59 Å². The van der Waals surface area contributed by atoms with Crippen molar-refractivity contribution in [2.75, 3.05) is 18.8 Å². The molecule has 1 atom stereocenters. The third kappa shape index (κ3) is 4.21. The quantitative estimate of drug-likeness (QED) is 0.784. The van der Waals surface area contributed by atoms with Gasteiger partial charge in [-0.25, -0.2) is 0 Å². The number of thioether (sulfide) groups is 1. The van der Waals surface area contributed by atoms with Crippen LogP contribution in [-0.2, 0) is 9.59 Å². The molecule has 1 aliphatic heterocycles. The standard InChI is InChI=1S/C17H23ClN2O2S/c1-4-15(21)19(12(2)3)9-10-20-16(22)11-23-17(20)13-7-5-6-8-14(13)18/h5-8,12,17H,4,9-11H2,1-3H3/t17-/m1/s1. The Morgan fingerprint density at radius 1 is 1.43 bits per heavy atom. The average molecular weight is 355 g/mol. The van der Waals surface area contributed by atoms with E-state index in [1.807, 2.05) is 54.8 Å². The van der Waals surface area contributed by atoms with Crippen LogP contribution in [0, 0.1) is 0 Å². The van der Waals surface area contributed by atoms with Gasteiger partial charge in [-0.2, -0.15) is 0 Å². The molecule has 2 amide bonds. The monoisotopic (exact) mass is 354 g/mol. The first-order valence-electron chi connectivity index (χ1n) is 7.90. The van der Waals surface area contributed by atoms with Gasteiger partial charge in [0.15, 0.2) is 0 Å². The third-order valence-electron chi connectivity index (χ3n) is 3.97. The van der Waals surface area contributed by atoms with Gasteiger partial charge < -0.3 is 9.80 Å². The van der Waals surface area contributed by atoms with E-state index in [2.05, 4.69) is 0 Å². The molecule has 0 saturated carbocycles. The van der Waals surface area contributed by atoms with E-state index >= 15 is 0 Å². The summed E-state index contributed by atoms with van der Waals surface area (Å²) in [6.07, 6.45) is 0.481. The minimum Gasteiger partial charge on any atom is -0.339 e. The first-order chi connectivity index (χ1) is 11.0. The Balaban J connectivity index is 2.11. The van der Waals surface area contributed by atoms with E-state index < -0.39 is 0 Å². The van der Waals surface area contributed by atoms with Crippen molar-refractivity contribution in [3.63, 3.8) is 0 Å². The molecule has 1 heterocycles. The molecule has 2 rings (SSSR count). The molecule has 0 aliphatic carbocycles. The maximum Gasteiger partial charge on any atom is 0.233 e. The molecular weight excluding hydrogens is 332 g/mol. The van der Waals surface area contributed by atoms with Crippen LogP contribution in [0.2, 0.25) is 5.02 Å². The minimum absolute atomic E-state index is 0.0676. The predicted octanol–water partition coefficient (Wildman–Crippen LogP) is 3.56. The second-order valence-corrected chi connectivity index (χ2v) is 7.28. The highest BCUT2D eigenvalue weighted by Crippen LogP contribution is 2.41. The zero-order valence-electron chi connectivity index (χ0n) is 13.8. The summed E-state index contributed by atoms with van der Waals surface area (Å²) in [6, 6.07) is 7.76. The predicted molar refractivity (Wildman–Crippen MR) is 95.5 cm³/mol. The van der Waals surface area contributed by atoms with Gasteiger partial charge in [0.1, 0.15) is 5.37 Å². The van der Waals surface area contributed by atoms with E-state index in [1.54, 1.807) is 11.8 Å². The Kier molecular flexibility index (Phi) is 6.36. The molecule has 0 bridgehead atoms. The Labute approximate surface area is 147 Å². The minimum atomic E-state index is -0.0676. The molecule has 0 aromatic heterocycles. The smallest absolute Gasteiger partial charge is 0.233 e. The molecule has 1 aliphatic rings. The van der Waals surface area contributed by atoms with E-state index in [-0.39, 0.29) is 23.2 Å². The molecule has 1 saturated heterocycles. The van der Waals surface area contributed by atoms with Gasteiger partial charge in [0.05, 0.1) is 5.75 Å². The SMILES string of the molecule is CCC(=O)N(CCN1C(=O)CS[C@@H]1c1ccccc1Cl)C(C)C. The van der Waals surface area contributed by atoms with E-state index in [9.17, 15) is 9.59 Å². The maximum atomic E-state index is 12.2. The van der Waals surface area contributed by atoms with Gasteiger partial charge in [0, 0.05) is 36.1 Å². The van der Waals surface area contributed by atoms with Crippen molar-refractivity contribution >= 4 is 35.2 Å². The molecule has 23 heavy (non-hydrogen) atoms. The van der Waals surface area contributed by atoms with Gasteiger partial charge in [-0.1, -0.05) is 36.7 Å². The highest BCUT2D eigenvalue weighted by molar-refractivity contribution is 8.00. The van der Waals surface area contributed by atoms with Gasteiger partial charge >= 0.3 is 0 Å². The van der Waals surface area contributed by atoms with Gasteiger partial charge in [-0.05, 0) is 19.9 Å². The van der Waals surface area contributed by atoms with Crippen LogP contribution in [-0.4, -0.2) is 46.5 Å². The third-order valence-corrected chi connectivity index (χ3v) is 5.55. The van der Waals surface area contributed by atoms with E-state index in [4.69, 9.17) is 11.6 Å². The van der Waals surface area contributed by atoms with Gasteiger partial charge in [-0.3, -0.25) is 9.59 Å². The van der Waals surface area contributed by atoms with E-state index in [1.165, 1.54) is 0 Å². The molecule has 0 N–H and O–H groups in total. The number of carbonyl (C=O) groups excluding carboxylic acids is 2. The number of hydrogen-bond donors (Lipinski definition) is 0. The zero-order chi connectivity index (χ0) is 17.0. The fraction of sp³-hybridized carbons (Fsp3) is 0.529. The number of benzene rings is 1. The number of halogens is 1. The van der Waals surface area contributed by atoms with Gasteiger partial charge in [0.25, 0.3) is 0 Å². The molecule has 1 aromatic carbocycles. The summed E-state index contributed by atoms with van der Waals surface area (Å²) in [5.41, 5.74) is 0.961. The van der Waals surface area contributed by atoms with Crippen LogP contribution in [0.25, 0.3) is 0 Å². The van der Waals surface area contributed by atoms with Gasteiger partial charge in [0.2, 0.25) is 11.8 Å². The Bertz CT molecular complexity index is 579. The molecule has 0 spiro atoms. The molecule has 126 valence electrons. The Hall–Kier alpha value is -1.20.